The maximum absolute atomic E-state index is 8.05. The van der Waals surface area contributed by atoms with E-state index in [4.69, 9.17) is 5.53 Å². The first-order chi connectivity index (χ1) is 4.06. The predicted octanol–water partition coefficient (Wildman–Crippen LogP) is 2.02. The van der Waals surface area contributed by atoms with Gasteiger partial charge in [-0.15, -0.1) is 0 Å². The third kappa shape index (κ3) is 7.60. The van der Waals surface area contributed by atoms with Crippen molar-refractivity contribution in [1.82, 2.24) is 0 Å². The van der Waals surface area contributed by atoms with Gasteiger partial charge in [0.15, 0.2) is 0 Å². The third-order valence-electron chi connectivity index (χ3n) is 1.11. The smallest absolute Gasteiger partial charge is 0.257 e. The number of rotatable bonds is 3. The highest BCUT2D eigenvalue weighted by Gasteiger charge is 2.11. The lowest BCUT2D eigenvalue weighted by Crippen LogP contribution is -2.18. The minimum atomic E-state index is -0.897. The average Bonchev–Trinajstić information content (AvgIpc) is 1.63. The van der Waals surface area contributed by atoms with Gasteiger partial charge < -0.3 is 5.53 Å². The minimum absolute atomic E-state index is 0.897. The fourth-order valence-electron chi connectivity index (χ4n) is 0.555. The molecule has 0 saturated carbocycles. The van der Waals surface area contributed by atoms with Crippen LogP contribution < -0.4 is 0 Å². The van der Waals surface area contributed by atoms with Gasteiger partial charge in [-0.25, -0.2) is 0 Å². The third-order valence-corrected chi connectivity index (χ3v) is 2.89. The Kier molecular flexibility index (Phi) is 3.43. The molecular weight excluding hydrogens is 128 g/mol. The average molecular weight is 142 g/mol. The van der Waals surface area contributed by atoms with Crippen LogP contribution in [-0.4, -0.2) is 19.1 Å². The van der Waals surface area contributed by atoms with Gasteiger partial charge >= 0.3 is 0 Å². The molecule has 0 aliphatic rings. The molecule has 0 aromatic rings. The summed E-state index contributed by atoms with van der Waals surface area (Å²) in [5, 5.41) is 0. The topological polar surface area (TPSA) is 36.4 Å². The lowest BCUT2D eigenvalue weighted by Gasteiger charge is -2.11. The first-order valence-electron chi connectivity index (χ1n) is 3.22. The Bertz CT molecular complexity index is 120. The Morgan fingerprint density at radius 3 is 2.33 bits per heavy atom. The maximum Gasteiger partial charge on any atom is 0.257 e. The van der Waals surface area contributed by atoms with Crippen LogP contribution in [0.4, 0.5) is 0 Å². The molecule has 0 aromatic carbocycles. The highest BCUT2D eigenvalue weighted by Crippen LogP contribution is 2.08. The van der Waals surface area contributed by atoms with Crippen LogP contribution in [0.2, 0.25) is 25.7 Å². The van der Waals surface area contributed by atoms with Crippen molar-refractivity contribution in [3.63, 3.8) is 0 Å². The van der Waals surface area contributed by atoms with Crippen molar-refractivity contribution in [3.8, 4) is 0 Å². The van der Waals surface area contributed by atoms with Crippen molar-refractivity contribution in [2.75, 3.05) is 0 Å². The second-order valence-corrected chi connectivity index (χ2v) is 9.02. The van der Waals surface area contributed by atoms with Crippen molar-refractivity contribution >= 4 is 14.3 Å². The van der Waals surface area contributed by atoms with E-state index in [0.717, 1.165) is 6.42 Å². The number of hydrogen-bond acceptors (Lipinski definition) is 0. The van der Waals surface area contributed by atoms with Gasteiger partial charge in [-0.1, -0.05) is 19.6 Å². The monoisotopic (exact) mass is 142 g/mol. The van der Waals surface area contributed by atoms with Crippen molar-refractivity contribution < 1.29 is 4.79 Å². The SMILES string of the molecule is C[Si](C)(C)CCC=[N+]=[N-]. The molecule has 0 saturated heterocycles. The van der Waals surface area contributed by atoms with Crippen LogP contribution in [0.5, 0.6) is 0 Å². The van der Waals surface area contributed by atoms with Crippen molar-refractivity contribution in [2.24, 2.45) is 0 Å². The molecule has 0 amide bonds. The van der Waals surface area contributed by atoms with Crippen molar-refractivity contribution in [1.29, 1.82) is 0 Å². The van der Waals surface area contributed by atoms with Gasteiger partial charge in [0.05, 0.1) is 0 Å². The highest BCUT2D eigenvalue weighted by molar-refractivity contribution is 6.76. The van der Waals surface area contributed by atoms with Crippen LogP contribution in [0.1, 0.15) is 6.42 Å². The fraction of sp³-hybridized carbons (Fsp3) is 0.833. The molecule has 0 bridgehead atoms. The van der Waals surface area contributed by atoms with Crippen LogP contribution in [-0.2, 0) is 0 Å². The van der Waals surface area contributed by atoms with E-state index in [-0.39, 0.29) is 0 Å². The fourth-order valence-corrected chi connectivity index (χ4v) is 1.55. The Balaban J connectivity index is 3.39. The van der Waals surface area contributed by atoms with Crippen LogP contribution in [0.25, 0.3) is 5.53 Å². The molecule has 0 aliphatic heterocycles. The van der Waals surface area contributed by atoms with Crippen LogP contribution in [0, 0.1) is 0 Å². The Labute approximate surface area is 57.5 Å². The molecule has 0 N–H and O–H groups in total. The molecule has 0 spiro atoms. The summed E-state index contributed by atoms with van der Waals surface area (Å²) in [7, 11) is -0.897. The summed E-state index contributed by atoms with van der Waals surface area (Å²) in [5.41, 5.74) is 8.05. The molecule has 3 heteroatoms. The normalized spacial score (nSPS) is 10.6. The summed E-state index contributed by atoms with van der Waals surface area (Å²) < 4.78 is 0. The quantitative estimate of drug-likeness (QED) is 0.250. The second-order valence-electron chi connectivity index (χ2n) is 3.40. The standard InChI is InChI=1S/C6H14N2Si/c1-9(2,3)6-4-5-8-7/h5H,4,6H2,1-3H3. The van der Waals surface area contributed by atoms with E-state index in [1.54, 1.807) is 6.21 Å². The van der Waals surface area contributed by atoms with Crippen molar-refractivity contribution in [2.45, 2.75) is 32.1 Å². The van der Waals surface area contributed by atoms with Crippen LogP contribution >= 0.6 is 0 Å². The van der Waals surface area contributed by atoms with E-state index in [1.807, 2.05) is 0 Å². The van der Waals surface area contributed by atoms with Crippen LogP contribution in [0.3, 0.4) is 0 Å². The summed E-state index contributed by atoms with van der Waals surface area (Å²) >= 11 is 0. The van der Waals surface area contributed by atoms with E-state index in [0.29, 0.717) is 0 Å². The molecule has 52 valence electrons. The van der Waals surface area contributed by atoms with Gasteiger partial charge in [-0.3, -0.25) is 0 Å². The van der Waals surface area contributed by atoms with Gasteiger partial charge in [0.2, 0.25) is 0 Å². The molecular formula is C6H14N2Si. The highest BCUT2D eigenvalue weighted by atomic mass is 28.3. The molecule has 0 atom stereocenters. The summed E-state index contributed by atoms with van der Waals surface area (Å²) in [6.45, 7) is 6.91. The van der Waals surface area contributed by atoms with E-state index in [1.165, 1.54) is 6.04 Å². The first-order valence-corrected chi connectivity index (χ1v) is 6.93. The minimum Gasteiger partial charge on any atom is -0.362 e. The summed E-state index contributed by atoms with van der Waals surface area (Å²) in [4.78, 5) is 2.94. The van der Waals surface area contributed by atoms with Gasteiger partial charge in [-0.05, 0) is 6.04 Å². The summed E-state index contributed by atoms with van der Waals surface area (Å²) in [6.07, 6.45) is 2.49. The molecule has 0 aromatic heterocycles. The molecule has 2 nitrogen and oxygen atoms in total. The van der Waals surface area contributed by atoms with E-state index in [9.17, 15) is 0 Å². The molecule has 0 aliphatic carbocycles. The molecule has 0 unspecified atom stereocenters. The zero-order valence-electron chi connectivity index (χ0n) is 6.39. The molecule has 0 rings (SSSR count). The maximum atomic E-state index is 8.05. The Morgan fingerprint density at radius 2 is 2.00 bits per heavy atom. The largest absolute Gasteiger partial charge is 0.362 e. The van der Waals surface area contributed by atoms with Crippen molar-refractivity contribution in [3.05, 3.63) is 5.53 Å². The van der Waals surface area contributed by atoms with E-state index < -0.39 is 8.07 Å². The van der Waals surface area contributed by atoms with Crippen LogP contribution in [0.15, 0.2) is 0 Å². The molecule has 0 radical (unpaired) electrons. The van der Waals surface area contributed by atoms with Gasteiger partial charge in [-0.2, -0.15) is 4.79 Å². The Morgan fingerprint density at radius 1 is 1.44 bits per heavy atom. The molecule has 9 heavy (non-hydrogen) atoms. The van der Waals surface area contributed by atoms with Gasteiger partial charge in [0.25, 0.3) is 6.21 Å². The van der Waals surface area contributed by atoms with Gasteiger partial charge in [0, 0.05) is 14.5 Å². The number of nitrogens with zero attached hydrogens (tertiary/aromatic N) is 2. The van der Waals surface area contributed by atoms with E-state index in [2.05, 4.69) is 24.4 Å². The zero-order chi connectivity index (χ0) is 7.33. The second kappa shape index (κ2) is 3.59. The Hall–Kier alpha value is -0.403. The van der Waals surface area contributed by atoms with Gasteiger partial charge in [0.1, 0.15) is 0 Å². The number of hydrogen-bond donors (Lipinski definition) is 0. The summed E-state index contributed by atoms with van der Waals surface area (Å²) in [5.74, 6) is 0. The predicted molar refractivity (Wildman–Crippen MR) is 42.5 cm³/mol. The first kappa shape index (κ1) is 8.60. The lowest BCUT2D eigenvalue weighted by molar-refractivity contribution is 0.00124. The molecule has 0 heterocycles. The lowest BCUT2D eigenvalue weighted by atomic mass is 10.5. The molecule has 0 fully saturated rings. The van der Waals surface area contributed by atoms with E-state index >= 15 is 0 Å². The zero-order valence-corrected chi connectivity index (χ0v) is 7.39. The summed E-state index contributed by atoms with van der Waals surface area (Å²) in [6, 6.07) is 1.21.